The number of aryl methyl sites for hydroxylation is 1. The van der Waals surface area contributed by atoms with E-state index in [1.54, 1.807) is 0 Å². The first-order valence-corrected chi connectivity index (χ1v) is 6.83. The molecule has 0 aliphatic rings. The normalized spacial score (nSPS) is 10.1. The molecule has 0 saturated carbocycles. The maximum absolute atomic E-state index is 11.8. The average Bonchev–Trinajstić information content (AvgIpc) is 2.46. The van der Waals surface area contributed by atoms with Crippen LogP contribution < -0.4 is 10.6 Å². The highest BCUT2D eigenvalue weighted by atomic mass is 35.5. The lowest BCUT2D eigenvalue weighted by Gasteiger charge is -2.10. The van der Waals surface area contributed by atoms with Crippen LogP contribution in [-0.2, 0) is 11.3 Å². The van der Waals surface area contributed by atoms with E-state index in [9.17, 15) is 4.79 Å². The molecule has 0 heterocycles. The summed E-state index contributed by atoms with van der Waals surface area (Å²) in [6, 6.07) is 15.3. The van der Waals surface area contributed by atoms with Gasteiger partial charge in [0, 0.05) is 17.3 Å². The number of hydrogen-bond acceptors (Lipinski definition) is 2. The Morgan fingerprint density at radius 2 is 1.80 bits per heavy atom. The molecular weight excluding hydrogens is 272 g/mol. The number of nitrogens with one attached hydrogen (secondary N) is 2. The zero-order valence-electron chi connectivity index (χ0n) is 11.3. The van der Waals surface area contributed by atoms with Crippen molar-refractivity contribution < 1.29 is 4.79 Å². The summed E-state index contributed by atoms with van der Waals surface area (Å²) in [4.78, 5) is 11.8. The molecule has 0 fully saturated rings. The highest BCUT2D eigenvalue weighted by Crippen LogP contribution is 2.12. The van der Waals surface area contributed by atoms with Crippen molar-refractivity contribution in [3.05, 3.63) is 64.7 Å². The molecule has 0 unspecified atom stereocenters. The summed E-state index contributed by atoms with van der Waals surface area (Å²) >= 11 is 5.81. The Bertz CT molecular complexity index is 581. The van der Waals surface area contributed by atoms with Gasteiger partial charge in [-0.25, -0.2) is 0 Å². The van der Waals surface area contributed by atoms with Crippen molar-refractivity contribution in [3.63, 3.8) is 0 Å². The third kappa shape index (κ3) is 4.28. The van der Waals surface area contributed by atoms with Crippen LogP contribution in [0.25, 0.3) is 0 Å². The predicted octanol–water partition coefficient (Wildman–Crippen LogP) is 3.38. The minimum Gasteiger partial charge on any atom is -0.376 e. The molecule has 3 nitrogen and oxygen atoms in total. The maximum atomic E-state index is 11.8. The number of anilines is 1. The highest BCUT2D eigenvalue weighted by Gasteiger charge is 2.02. The number of amides is 1. The second-order valence-corrected chi connectivity index (χ2v) is 5.01. The molecule has 0 radical (unpaired) electrons. The van der Waals surface area contributed by atoms with Gasteiger partial charge in [-0.05, 0) is 36.2 Å². The van der Waals surface area contributed by atoms with Crippen molar-refractivity contribution >= 4 is 23.2 Å². The molecule has 104 valence electrons. The van der Waals surface area contributed by atoms with Gasteiger partial charge in [0.1, 0.15) is 0 Å². The second kappa shape index (κ2) is 6.96. The Hall–Kier alpha value is -2.00. The first-order chi connectivity index (χ1) is 9.65. The largest absolute Gasteiger partial charge is 0.376 e. The van der Waals surface area contributed by atoms with E-state index in [1.165, 1.54) is 0 Å². The summed E-state index contributed by atoms with van der Waals surface area (Å²) in [5.41, 5.74) is 3.13. The van der Waals surface area contributed by atoms with Gasteiger partial charge in [0.25, 0.3) is 0 Å². The molecule has 4 heteroatoms. The van der Waals surface area contributed by atoms with Gasteiger partial charge in [-0.15, -0.1) is 0 Å². The lowest BCUT2D eigenvalue weighted by Crippen LogP contribution is -2.29. The Labute approximate surface area is 124 Å². The lowest BCUT2D eigenvalue weighted by molar-refractivity contribution is -0.119. The number of halogens is 1. The molecule has 0 aliphatic carbocycles. The summed E-state index contributed by atoms with van der Waals surface area (Å²) in [5, 5.41) is 6.68. The molecule has 2 aromatic rings. The number of carbonyl (C=O) groups is 1. The van der Waals surface area contributed by atoms with E-state index in [4.69, 9.17) is 11.6 Å². The van der Waals surface area contributed by atoms with E-state index in [2.05, 4.69) is 10.6 Å². The summed E-state index contributed by atoms with van der Waals surface area (Å²) in [5.74, 6) is -0.0387. The summed E-state index contributed by atoms with van der Waals surface area (Å²) in [6.45, 7) is 2.78. The third-order valence-corrected chi connectivity index (χ3v) is 3.24. The molecule has 2 aromatic carbocycles. The average molecular weight is 289 g/mol. The molecule has 0 spiro atoms. The molecule has 1 amide bonds. The molecule has 0 saturated heterocycles. The number of benzene rings is 2. The smallest absolute Gasteiger partial charge is 0.239 e. The van der Waals surface area contributed by atoms with Crippen LogP contribution in [0.15, 0.2) is 48.5 Å². The Morgan fingerprint density at radius 1 is 1.10 bits per heavy atom. The molecule has 0 aliphatic heterocycles. The molecule has 2 N–H and O–H groups in total. The van der Waals surface area contributed by atoms with Crippen LogP contribution >= 0.6 is 11.6 Å². The zero-order valence-corrected chi connectivity index (χ0v) is 12.1. The number of rotatable bonds is 5. The van der Waals surface area contributed by atoms with Crippen LogP contribution in [0.4, 0.5) is 5.69 Å². The van der Waals surface area contributed by atoms with Gasteiger partial charge in [0.05, 0.1) is 6.54 Å². The monoisotopic (exact) mass is 288 g/mol. The van der Waals surface area contributed by atoms with Crippen LogP contribution in [-0.4, -0.2) is 12.5 Å². The van der Waals surface area contributed by atoms with E-state index in [1.807, 2.05) is 55.5 Å². The first kappa shape index (κ1) is 14.4. The SMILES string of the molecule is Cc1ccccc1NCC(=O)NCc1ccc(Cl)cc1. The van der Waals surface area contributed by atoms with E-state index < -0.39 is 0 Å². The third-order valence-electron chi connectivity index (χ3n) is 2.99. The van der Waals surface area contributed by atoms with Gasteiger partial charge in [0.2, 0.25) is 5.91 Å². The summed E-state index contributed by atoms with van der Waals surface area (Å²) < 4.78 is 0. The standard InChI is InChI=1S/C16H17ClN2O/c1-12-4-2-3-5-15(12)18-11-16(20)19-10-13-6-8-14(17)9-7-13/h2-9,18H,10-11H2,1H3,(H,19,20). The van der Waals surface area contributed by atoms with Crippen LogP contribution in [0, 0.1) is 6.92 Å². The molecular formula is C16H17ClN2O. The van der Waals surface area contributed by atoms with Crippen LogP contribution in [0.2, 0.25) is 5.02 Å². The van der Waals surface area contributed by atoms with Gasteiger partial charge in [-0.1, -0.05) is 41.9 Å². The number of para-hydroxylation sites is 1. The fourth-order valence-corrected chi connectivity index (χ4v) is 1.94. The minimum absolute atomic E-state index is 0.0387. The first-order valence-electron chi connectivity index (χ1n) is 6.46. The Morgan fingerprint density at radius 3 is 2.50 bits per heavy atom. The fourth-order valence-electron chi connectivity index (χ4n) is 1.81. The fraction of sp³-hybridized carbons (Fsp3) is 0.188. The minimum atomic E-state index is -0.0387. The van der Waals surface area contributed by atoms with Crippen LogP contribution in [0.3, 0.4) is 0 Å². The highest BCUT2D eigenvalue weighted by molar-refractivity contribution is 6.30. The van der Waals surface area contributed by atoms with Crippen molar-refractivity contribution in [2.45, 2.75) is 13.5 Å². The topological polar surface area (TPSA) is 41.1 Å². The van der Waals surface area contributed by atoms with Crippen molar-refractivity contribution in [3.8, 4) is 0 Å². The van der Waals surface area contributed by atoms with Crippen molar-refractivity contribution in [2.24, 2.45) is 0 Å². The summed E-state index contributed by atoms with van der Waals surface area (Å²) in [6.07, 6.45) is 0. The maximum Gasteiger partial charge on any atom is 0.239 e. The zero-order chi connectivity index (χ0) is 14.4. The van der Waals surface area contributed by atoms with Gasteiger partial charge in [-0.3, -0.25) is 4.79 Å². The molecule has 2 rings (SSSR count). The summed E-state index contributed by atoms with van der Waals surface area (Å²) in [7, 11) is 0. The van der Waals surface area contributed by atoms with Gasteiger partial charge >= 0.3 is 0 Å². The molecule has 0 bridgehead atoms. The lowest BCUT2D eigenvalue weighted by atomic mass is 10.2. The molecule has 0 aromatic heterocycles. The Kier molecular flexibility index (Phi) is 5.02. The van der Waals surface area contributed by atoms with Gasteiger partial charge < -0.3 is 10.6 Å². The Balaban J connectivity index is 1.78. The van der Waals surface area contributed by atoms with Crippen molar-refractivity contribution in [1.82, 2.24) is 5.32 Å². The number of hydrogen-bond donors (Lipinski definition) is 2. The van der Waals surface area contributed by atoms with Crippen molar-refractivity contribution in [1.29, 1.82) is 0 Å². The van der Waals surface area contributed by atoms with E-state index >= 15 is 0 Å². The number of carbonyl (C=O) groups excluding carboxylic acids is 1. The van der Waals surface area contributed by atoms with Crippen LogP contribution in [0.1, 0.15) is 11.1 Å². The van der Waals surface area contributed by atoms with Gasteiger partial charge in [-0.2, -0.15) is 0 Å². The van der Waals surface area contributed by atoms with Crippen LogP contribution in [0.5, 0.6) is 0 Å². The second-order valence-electron chi connectivity index (χ2n) is 4.57. The van der Waals surface area contributed by atoms with E-state index in [-0.39, 0.29) is 12.5 Å². The molecule has 0 atom stereocenters. The van der Waals surface area contributed by atoms with E-state index in [0.29, 0.717) is 11.6 Å². The predicted molar refractivity (Wildman–Crippen MR) is 83.0 cm³/mol. The van der Waals surface area contributed by atoms with Gasteiger partial charge in [0.15, 0.2) is 0 Å². The quantitative estimate of drug-likeness (QED) is 0.885. The van der Waals surface area contributed by atoms with E-state index in [0.717, 1.165) is 16.8 Å². The molecule has 20 heavy (non-hydrogen) atoms. The van der Waals surface area contributed by atoms with Crippen molar-refractivity contribution in [2.75, 3.05) is 11.9 Å².